The number of halogens is 1. The van der Waals surface area contributed by atoms with Gasteiger partial charge in [-0.05, 0) is 37.1 Å². The van der Waals surface area contributed by atoms with Gasteiger partial charge in [0.05, 0.1) is 0 Å². The van der Waals surface area contributed by atoms with Crippen molar-refractivity contribution in [3.63, 3.8) is 0 Å². The first-order valence-corrected chi connectivity index (χ1v) is 8.76. The van der Waals surface area contributed by atoms with Gasteiger partial charge in [0.2, 0.25) is 0 Å². The van der Waals surface area contributed by atoms with Gasteiger partial charge < -0.3 is 10.2 Å². The van der Waals surface area contributed by atoms with Crippen LogP contribution in [0.2, 0.25) is 0 Å². The number of rotatable bonds is 10. The van der Waals surface area contributed by atoms with Gasteiger partial charge in [0.1, 0.15) is 0 Å². The lowest BCUT2D eigenvalue weighted by molar-refractivity contribution is 0.677. The van der Waals surface area contributed by atoms with Crippen LogP contribution in [-0.4, -0.2) is 19.6 Å². The van der Waals surface area contributed by atoms with Crippen LogP contribution in [0.1, 0.15) is 52.0 Å². The molecule has 0 aromatic heterocycles. The van der Waals surface area contributed by atoms with Crippen molar-refractivity contribution in [1.82, 2.24) is 5.32 Å². The molecule has 1 N–H and O–H groups in total. The van der Waals surface area contributed by atoms with Crippen LogP contribution in [0.15, 0.2) is 22.7 Å². The van der Waals surface area contributed by atoms with Crippen LogP contribution in [0.5, 0.6) is 0 Å². The summed E-state index contributed by atoms with van der Waals surface area (Å²) in [5.74, 6) is 0. The zero-order valence-corrected chi connectivity index (χ0v) is 14.8. The third kappa shape index (κ3) is 5.84. The Balaban J connectivity index is 2.76. The summed E-state index contributed by atoms with van der Waals surface area (Å²) in [4.78, 5) is 2.52. The van der Waals surface area contributed by atoms with Crippen LogP contribution in [0.4, 0.5) is 5.69 Å². The van der Waals surface area contributed by atoms with Crippen molar-refractivity contribution in [2.24, 2.45) is 0 Å². The highest BCUT2D eigenvalue weighted by atomic mass is 79.9. The molecule has 0 spiro atoms. The molecule has 114 valence electrons. The van der Waals surface area contributed by atoms with E-state index < -0.39 is 0 Å². The molecule has 2 nitrogen and oxygen atoms in total. The molecule has 0 aliphatic rings. The third-order valence-electron chi connectivity index (χ3n) is 3.53. The van der Waals surface area contributed by atoms with Crippen molar-refractivity contribution in [3.05, 3.63) is 28.2 Å². The van der Waals surface area contributed by atoms with E-state index in [2.05, 4.69) is 65.1 Å². The standard InChI is InChI=1S/C17H29BrN2/c1-4-7-11-20(12-8-5-2)16-10-9-15(14-19-6-3)17(18)13-16/h9-10,13,19H,4-8,11-12,14H2,1-3H3. The Morgan fingerprint density at radius 1 is 1.05 bits per heavy atom. The average Bonchev–Trinajstić information content (AvgIpc) is 2.46. The molecule has 0 aliphatic carbocycles. The third-order valence-corrected chi connectivity index (χ3v) is 4.27. The second kappa shape index (κ2) is 10.2. The number of nitrogens with zero attached hydrogens (tertiary/aromatic N) is 1. The average molecular weight is 341 g/mol. The highest BCUT2D eigenvalue weighted by molar-refractivity contribution is 9.10. The van der Waals surface area contributed by atoms with E-state index in [9.17, 15) is 0 Å². The maximum Gasteiger partial charge on any atom is 0.0377 e. The summed E-state index contributed by atoms with van der Waals surface area (Å²) in [6, 6.07) is 6.79. The van der Waals surface area contributed by atoms with E-state index in [1.54, 1.807) is 0 Å². The highest BCUT2D eigenvalue weighted by Crippen LogP contribution is 2.25. The fourth-order valence-electron chi connectivity index (χ4n) is 2.20. The van der Waals surface area contributed by atoms with E-state index in [-0.39, 0.29) is 0 Å². The van der Waals surface area contributed by atoms with E-state index in [0.29, 0.717) is 0 Å². The Bertz CT molecular complexity index is 371. The quantitative estimate of drug-likeness (QED) is 0.647. The van der Waals surface area contributed by atoms with Crippen LogP contribution in [0.3, 0.4) is 0 Å². The number of anilines is 1. The Labute approximate surface area is 133 Å². The summed E-state index contributed by atoms with van der Waals surface area (Å²) in [6.07, 6.45) is 5.03. The van der Waals surface area contributed by atoms with Gasteiger partial charge in [-0.25, -0.2) is 0 Å². The molecule has 0 aliphatic heterocycles. The predicted molar refractivity (Wildman–Crippen MR) is 93.6 cm³/mol. The zero-order chi connectivity index (χ0) is 14.8. The topological polar surface area (TPSA) is 15.3 Å². The molecule has 0 atom stereocenters. The molecule has 20 heavy (non-hydrogen) atoms. The Morgan fingerprint density at radius 2 is 1.70 bits per heavy atom. The van der Waals surface area contributed by atoms with E-state index in [0.717, 1.165) is 26.2 Å². The fraction of sp³-hybridized carbons (Fsp3) is 0.647. The first-order chi connectivity index (χ1) is 9.72. The molecule has 0 saturated carbocycles. The van der Waals surface area contributed by atoms with Crippen LogP contribution >= 0.6 is 15.9 Å². The van der Waals surface area contributed by atoms with Gasteiger partial charge in [0.25, 0.3) is 0 Å². The Kier molecular flexibility index (Phi) is 8.95. The second-order valence-corrected chi connectivity index (χ2v) is 6.10. The lowest BCUT2D eigenvalue weighted by atomic mass is 10.1. The largest absolute Gasteiger partial charge is 0.372 e. The number of hydrogen-bond acceptors (Lipinski definition) is 2. The van der Waals surface area contributed by atoms with Gasteiger partial charge in [0.15, 0.2) is 0 Å². The van der Waals surface area contributed by atoms with Gasteiger partial charge in [-0.3, -0.25) is 0 Å². The minimum absolute atomic E-state index is 0.932. The molecule has 3 heteroatoms. The molecule has 1 rings (SSSR count). The van der Waals surface area contributed by atoms with E-state index >= 15 is 0 Å². The maximum atomic E-state index is 3.72. The van der Waals surface area contributed by atoms with Gasteiger partial charge in [-0.1, -0.05) is 55.6 Å². The molecule has 0 heterocycles. The molecule has 1 aromatic carbocycles. The molecule has 1 aromatic rings. The molecule has 0 radical (unpaired) electrons. The van der Waals surface area contributed by atoms with E-state index in [4.69, 9.17) is 0 Å². The molecule has 0 amide bonds. The van der Waals surface area contributed by atoms with Crippen LogP contribution in [0, 0.1) is 0 Å². The molecule has 0 saturated heterocycles. The summed E-state index contributed by atoms with van der Waals surface area (Å²) in [5.41, 5.74) is 2.68. The van der Waals surface area contributed by atoms with Crippen molar-refractivity contribution < 1.29 is 0 Å². The van der Waals surface area contributed by atoms with Crippen LogP contribution < -0.4 is 10.2 Å². The molecule has 0 unspecified atom stereocenters. The van der Waals surface area contributed by atoms with Crippen molar-refractivity contribution in [2.45, 2.75) is 53.0 Å². The van der Waals surface area contributed by atoms with Crippen molar-refractivity contribution in [2.75, 3.05) is 24.5 Å². The molecular weight excluding hydrogens is 312 g/mol. The van der Waals surface area contributed by atoms with Gasteiger partial charge >= 0.3 is 0 Å². The highest BCUT2D eigenvalue weighted by Gasteiger charge is 2.08. The minimum Gasteiger partial charge on any atom is -0.372 e. The summed E-state index contributed by atoms with van der Waals surface area (Å²) in [6.45, 7) is 10.9. The summed E-state index contributed by atoms with van der Waals surface area (Å²) < 4.78 is 1.22. The number of benzene rings is 1. The number of nitrogens with one attached hydrogen (secondary N) is 1. The lowest BCUT2D eigenvalue weighted by Crippen LogP contribution is -2.25. The minimum atomic E-state index is 0.932. The fourth-order valence-corrected chi connectivity index (χ4v) is 2.71. The lowest BCUT2D eigenvalue weighted by Gasteiger charge is -2.25. The van der Waals surface area contributed by atoms with Gasteiger partial charge in [-0.2, -0.15) is 0 Å². The van der Waals surface area contributed by atoms with Crippen molar-refractivity contribution >= 4 is 21.6 Å². The first kappa shape index (κ1) is 17.5. The van der Waals surface area contributed by atoms with Crippen molar-refractivity contribution in [1.29, 1.82) is 0 Å². The van der Waals surface area contributed by atoms with Crippen LogP contribution in [-0.2, 0) is 6.54 Å². The van der Waals surface area contributed by atoms with E-state index in [1.807, 2.05) is 0 Å². The Hall–Kier alpha value is -0.540. The van der Waals surface area contributed by atoms with Crippen molar-refractivity contribution in [3.8, 4) is 0 Å². The second-order valence-electron chi connectivity index (χ2n) is 5.25. The van der Waals surface area contributed by atoms with E-state index in [1.165, 1.54) is 41.4 Å². The summed E-state index contributed by atoms with van der Waals surface area (Å²) >= 11 is 3.72. The van der Waals surface area contributed by atoms with Crippen LogP contribution in [0.25, 0.3) is 0 Å². The molecular formula is C17H29BrN2. The summed E-state index contributed by atoms with van der Waals surface area (Å²) in [7, 11) is 0. The summed E-state index contributed by atoms with van der Waals surface area (Å²) in [5, 5.41) is 3.38. The first-order valence-electron chi connectivity index (χ1n) is 7.97. The Morgan fingerprint density at radius 3 is 2.20 bits per heavy atom. The smallest absolute Gasteiger partial charge is 0.0377 e. The SMILES string of the molecule is CCCCN(CCCC)c1ccc(CNCC)c(Br)c1. The monoisotopic (exact) mass is 340 g/mol. The number of hydrogen-bond donors (Lipinski definition) is 1. The molecule has 0 fully saturated rings. The van der Waals surface area contributed by atoms with Gasteiger partial charge in [-0.15, -0.1) is 0 Å². The number of unbranched alkanes of at least 4 members (excludes halogenated alkanes) is 2. The van der Waals surface area contributed by atoms with Gasteiger partial charge in [0, 0.05) is 29.8 Å². The maximum absolute atomic E-state index is 3.72. The predicted octanol–water partition coefficient (Wildman–Crippen LogP) is 4.97. The zero-order valence-electron chi connectivity index (χ0n) is 13.2. The normalized spacial score (nSPS) is 10.8. The molecule has 0 bridgehead atoms.